The minimum absolute atomic E-state index is 0.0123. The van der Waals surface area contributed by atoms with E-state index in [-0.39, 0.29) is 37.3 Å². The van der Waals surface area contributed by atoms with E-state index in [2.05, 4.69) is 6.58 Å². The smallest absolute Gasteiger partial charge is 0.324 e. The average molecular weight is 294 g/mol. The van der Waals surface area contributed by atoms with Gasteiger partial charge in [0, 0.05) is 12.3 Å². The van der Waals surface area contributed by atoms with Gasteiger partial charge >= 0.3 is 11.9 Å². The third-order valence-electron chi connectivity index (χ3n) is 4.61. The third-order valence-corrected chi connectivity index (χ3v) is 4.61. The highest BCUT2D eigenvalue weighted by atomic mass is 16.6. The van der Waals surface area contributed by atoms with Crippen molar-refractivity contribution in [3.63, 3.8) is 0 Å². The molecule has 2 rings (SSSR count). The molecule has 0 amide bonds. The summed E-state index contributed by atoms with van der Waals surface area (Å²) in [5.74, 6) is -1.79. The van der Waals surface area contributed by atoms with Crippen LogP contribution in [0.5, 0.6) is 0 Å². The number of Topliss-reactive ketones (excluding diaryl/α,β-unsaturated/α-hetero) is 1. The van der Waals surface area contributed by atoms with Crippen molar-refractivity contribution in [3.05, 3.63) is 12.2 Å². The first-order valence-corrected chi connectivity index (χ1v) is 7.55. The van der Waals surface area contributed by atoms with Gasteiger partial charge in [-0.3, -0.25) is 14.4 Å². The van der Waals surface area contributed by atoms with Crippen LogP contribution < -0.4 is 0 Å². The summed E-state index contributed by atoms with van der Waals surface area (Å²) in [4.78, 5) is 37.4. The monoisotopic (exact) mass is 294 g/mol. The molecule has 0 aromatic carbocycles. The zero-order valence-electron chi connectivity index (χ0n) is 12.6. The molecule has 0 bridgehead atoms. The summed E-state index contributed by atoms with van der Waals surface area (Å²) < 4.78 is 10.3. The number of ketones is 1. The number of hydrogen-bond donors (Lipinski definition) is 0. The maximum Gasteiger partial charge on any atom is 0.324 e. The SMILES string of the molecule is C=C1CC(C(=O)OCC)(C(=O)OCC)C2CCCC2C1=O. The van der Waals surface area contributed by atoms with Gasteiger partial charge in [-0.2, -0.15) is 0 Å². The van der Waals surface area contributed by atoms with Crippen LogP contribution in [0.1, 0.15) is 39.5 Å². The van der Waals surface area contributed by atoms with Gasteiger partial charge in [-0.1, -0.05) is 13.0 Å². The molecule has 5 nitrogen and oxygen atoms in total. The largest absolute Gasteiger partial charge is 0.465 e. The van der Waals surface area contributed by atoms with E-state index in [1.807, 2.05) is 0 Å². The lowest BCUT2D eigenvalue weighted by molar-refractivity contribution is -0.179. The van der Waals surface area contributed by atoms with Gasteiger partial charge in [0.15, 0.2) is 11.2 Å². The molecule has 0 aromatic rings. The molecule has 0 spiro atoms. The molecule has 2 aliphatic rings. The molecule has 116 valence electrons. The Morgan fingerprint density at radius 1 is 1.19 bits per heavy atom. The number of allylic oxidation sites excluding steroid dienone is 1. The molecule has 0 radical (unpaired) electrons. The van der Waals surface area contributed by atoms with Gasteiger partial charge in [0.1, 0.15) is 0 Å². The van der Waals surface area contributed by atoms with Gasteiger partial charge in [-0.25, -0.2) is 0 Å². The fourth-order valence-corrected chi connectivity index (χ4v) is 3.73. The minimum Gasteiger partial charge on any atom is -0.465 e. The Bertz CT molecular complexity index is 461. The number of carbonyl (C=O) groups is 3. The number of esters is 2. The van der Waals surface area contributed by atoms with Crippen molar-refractivity contribution in [2.75, 3.05) is 13.2 Å². The molecule has 0 aliphatic heterocycles. The third kappa shape index (κ3) is 2.39. The number of carbonyl (C=O) groups excluding carboxylic acids is 3. The molecular formula is C16H22O5. The maximum absolute atomic E-state index is 12.6. The van der Waals surface area contributed by atoms with Gasteiger partial charge in [0.2, 0.25) is 0 Å². The summed E-state index contributed by atoms with van der Waals surface area (Å²) in [6.07, 6.45) is 2.21. The van der Waals surface area contributed by atoms with Crippen LogP contribution in [0.15, 0.2) is 12.2 Å². The van der Waals surface area contributed by atoms with Crippen molar-refractivity contribution >= 4 is 17.7 Å². The number of hydrogen-bond acceptors (Lipinski definition) is 5. The zero-order chi connectivity index (χ0) is 15.6. The second-order valence-corrected chi connectivity index (χ2v) is 5.70. The molecule has 2 fully saturated rings. The molecule has 2 saturated carbocycles. The van der Waals surface area contributed by atoms with Crippen LogP contribution in [0.4, 0.5) is 0 Å². The predicted octanol–water partition coefficient (Wildman–Crippen LogP) is 2.04. The Kier molecular flexibility index (Phi) is 4.49. The summed E-state index contributed by atoms with van der Waals surface area (Å²) in [5.41, 5.74) is -1.06. The first-order chi connectivity index (χ1) is 9.98. The van der Waals surface area contributed by atoms with E-state index >= 15 is 0 Å². The second-order valence-electron chi connectivity index (χ2n) is 5.70. The molecular weight excluding hydrogens is 272 g/mol. The molecule has 21 heavy (non-hydrogen) atoms. The maximum atomic E-state index is 12.6. The van der Waals surface area contributed by atoms with E-state index in [4.69, 9.17) is 9.47 Å². The van der Waals surface area contributed by atoms with Gasteiger partial charge in [-0.15, -0.1) is 0 Å². The molecule has 0 aromatic heterocycles. The zero-order valence-corrected chi connectivity index (χ0v) is 12.6. The summed E-state index contributed by atoms with van der Waals surface area (Å²) in [7, 11) is 0. The van der Waals surface area contributed by atoms with Crippen LogP contribution in [-0.2, 0) is 23.9 Å². The Morgan fingerprint density at radius 3 is 2.29 bits per heavy atom. The minimum atomic E-state index is -1.39. The normalized spacial score (nSPS) is 27.1. The van der Waals surface area contributed by atoms with Crippen LogP contribution in [0.2, 0.25) is 0 Å². The molecule has 0 N–H and O–H groups in total. The van der Waals surface area contributed by atoms with E-state index in [0.717, 1.165) is 6.42 Å². The molecule has 2 aliphatic carbocycles. The van der Waals surface area contributed by atoms with E-state index < -0.39 is 17.4 Å². The van der Waals surface area contributed by atoms with Gasteiger partial charge in [-0.05, 0) is 38.2 Å². The van der Waals surface area contributed by atoms with Crippen molar-refractivity contribution in [1.29, 1.82) is 0 Å². The summed E-state index contributed by atoms with van der Waals surface area (Å²) in [5, 5.41) is 0. The standard InChI is InChI=1S/C16H22O5/c1-4-20-14(18)16(15(19)21-5-2)9-10(3)13(17)11-7-6-8-12(11)16/h11-12H,3-9H2,1-2H3. The number of fused-ring (bicyclic) bond motifs is 1. The van der Waals surface area contributed by atoms with E-state index in [0.29, 0.717) is 18.4 Å². The van der Waals surface area contributed by atoms with Crippen LogP contribution in [0, 0.1) is 17.3 Å². The predicted molar refractivity (Wildman–Crippen MR) is 75.3 cm³/mol. The topological polar surface area (TPSA) is 69.7 Å². The van der Waals surface area contributed by atoms with Crippen molar-refractivity contribution in [2.45, 2.75) is 39.5 Å². The number of ether oxygens (including phenoxy) is 2. The summed E-state index contributed by atoms with van der Waals surface area (Å²) >= 11 is 0. The van der Waals surface area contributed by atoms with Crippen LogP contribution in [0.3, 0.4) is 0 Å². The van der Waals surface area contributed by atoms with Crippen LogP contribution in [-0.4, -0.2) is 30.9 Å². The Morgan fingerprint density at radius 2 is 1.76 bits per heavy atom. The molecule has 5 heteroatoms. The Hall–Kier alpha value is -1.65. The first kappa shape index (κ1) is 15.7. The van der Waals surface area contributed by atoms with E-state index in [9.17, 15) is 14.4 Å². The second kappa shape index (κ2) is 6.00. The van der Waals surface area contributed by atoms with Crippen LogP contribution in [0.25, 0.3) is 0 Å². The first-order valence-electron chi connectivity index (χ1n) is 7.55. The fourth-order valence-electron chi connectivity index (χ4n) is 3.73. The van der Waals surface area contributed by atoms with Crippen LogP contribution >= 0.6 is 0 Å². The van der Waals surface area contributed by atoms with E-state index in [1.165, 1.54) is 0 Å². The highest BCUT2D eigenvalue weighted by molar-refractivity contribution is 6.07. The van der Waals surface area contributed by atoms with Crippen molar-refractivity contribution < 1.29 is 23.9 Å². The van der Waals surface area contributed by atoms with Gasteiger partial charge in [0.05, 0.1) is 13.2 Å². The Balaban J connectivity index is 2.47. The van der Waals surface area contributed by atoms with Crippen molar-refractivity contribution in [3.8, 4) is 0 Å². The lowest BCUT2D eigenvalue weighted by Crippen LogP contribution is -2.53. The highest BCUT2D eigenvalue weighted by Gasteiger charge is 2.62. The Labute approximate surface area is 124 Å². The molecule has 0 heterocycles. The average Bonchev–Trinajstić information content (AvgIpc) is 2.93. The summed E-state index contributed by atoms with van der Waals surface area (Å²) in [6.45, 7) is 7.56. The quantitative estimate of drug-likeness (QED) is 0.451. The lowest BCUT2D eigenvalue weighted by atomic mass is 9.60. The van der Waals surface area contributed by atoms with Crippen molar-refractivity contribution in [2.24, 2.45) is 17.3 Å². The molecule has 0 saturated heterocycles. The fraction of sp³-hybridized carbons (Fsp3) is 0.688. The van der Waals surface area contributed by atoms with Gasteiger partial charge < -0.3 is 9.47 Å². The summed E-state index contributed by atoms with van der Waals surface area (Å²) in [6, 6.07) is 0. The molecule has 2 unspecified atom stereocenters. The molecule has 2 atom stereocenters. The van der Waals surface area contributed by atoms with Crippen molar-refractivity contribution in [1.82, 2.24) is 0 Å². The highest BCUT2D eigenvalue weighted by Crippen LogP contribution is 2.53. The number of rotatable bonds is 4. The van der Waals surface area contributed by atoms with Gasteiger partial charge in [0.25, 0.3) is 0 Å². The lowest BCUT2D eigenvalue weighted by Gasteiger charge is -2.41. The van der Waals surface area contributed by atoms with E-state index in [1.54, 1.807) is 13.8 Å².